The van der Waals surface area contributed by atoms with E-state index in [9.17, 15) is 14.4 Å². The molecule has 3 aromatic rings. The Hall–Kier alpha value is -3.36. The maximum Gasteiger partial charge on any atom is 0.330 e. The summed E-state index contributed by atoms with van der Waals surface area (Å²) in [6, 6.07) is 6.65. The van der Waals surface area contributed by atoms with Gasteiger partial charge in [-0.15, -0.1) is 0 Å². The van der Waals surface area contributed by atoms with Gasteiger partial charge < -0.3 is 15.0 Å². The topological polar surface area (TPSA) is 125 Å². The number of aryl methyl sites for hydroxylation is 2. The van der Waals surface area contributed by atoms with E-state index < -0.39 is 17.2 Å². The number of amides is 1. The van der Waals surface area contributed by atoms with Crippen LogP contribution in [0.5, 0.6) is 5.75 Å². The Morgan fingerprint density at radius 2 is 1.96 bits per heavy atom. The van der Waals surface area contributed by atoms with Gasteiger partial charge in [0.05, 0.1) is 5.56 Å². The van der Waals surface area contributed by atoms with Crippen molar-refractivity contribution in [3.05, 3.63) is 56.5 Å². The number of rotatable bonds is 8. The molecule has 0 aliphatic heterocycles. The van der Waals surface area contributed by atoms with Gasteiger partial charge in [0.25, 0.3) is 11.5 Å². The fraction of sp³-hybridized carbons (Fsp3) is 0.368. The van der Waals surface area contributed by atoms with Gasteiger partial charge >= 0.3 is 5.69 Å². The molecule has 0 bridgehead atoms. The lowest BCUT2D eigenvalue weighted by atomic mass is 10.2. The fourth-order valence-electron chi connectivity index (χ4n) is 3.13. The van der Waals surface area contributed by atoms with E-state index in [1.807, 2.05) is 13.8 Å². The minimum Gasteiger partial charge on any atom is -0.485 e. The number of benzene rings is 1. The Bertz CT molecular complexity index is 1130. The minimum atomic E-state index is -0.593. The van der Waals surface area contributed by atoms with Gasteiger partial charge in [0.2, 0.25) is 0 Å². The third kappa shape index (κ3) is 3.55. The molecule has 2 heterocycles. The van der Waals surface area contributed by atoms with E-state index in [1.54, 1.807) is 28.8 Å². The van der Waals surface area contributed by atoms with Crippen molar-refractivity contribution in [2.75, 3.05) is 0 Å². The first-order valence-corrected chi connectivity index (χ1v) is 9.21. The molecule has 0 aliphatic rings. The largest absolute Gasteiger partial charge is 0.485 e. The number of unbranched alkanes of at least 4 members (excludes halogenated alkanes) is 1. The van der Waals surface area contributed by atoms with Gasteiger partial charge in [-0.1, -0.05) is 25.5 Å². The maximum atomic E-state index is 12.4. The Kier molecular flexibility index (Phi) is 5.62. The van der Waals surface area contributed by atoms with Gasteiger partial charge in [0, 0.05) is 13.1 Å². The summed E-state index contributed by atoms with van der Waals surface area (Å²) in [6.45, 7) is 4.86. The highest BCUT2D eigenvalue weighted by molar-refractivity contribution is 5.95. The molecule has 0 radical (unpaired) electrons. The van der Waals surface area contributed by atoms with Gasteiger partial charge in [-0.05, 0) is 25.5 Å². The SMILES string of the molecule is CCCCn1c(=O)[nH]c(=O)c2c1nc(COc1ccccc1C(N)=O)n2CC. The third-order valence-corrected chi connectivity index (χ3v) is 4.53. The van der Waals surface area contributed by atoms with Crippen LogP contribution in [0.3, 0.4) is 0 Å². The number of aromatic nitrogens is 4. The number of nitrogens with one attached hydrogen (secondary N) is 1. The molecule has 0 saturated carbocycles. The predicted octanol–water partition coefficient (Wildman–Crippen LogP) is 1.38. The number of carbonyl (C=O) groups is 1. The molecular formula is C19H23N5O4. The monoisotopic (exact) mass is 385 g/mol. The van der Waals surface area contributed by atoms with E-state index in [4.69, 9.17) is 10.5 Å². The van der Waals surface area contributed by atoms with Gasteiger partial charge in [0.15, 0.2) is 11.2 Å². The lowest BCUT2D eigenvalue weighted by Gasteiger charge is -2.10. The predicted molar refractivity (Wildman–Crippen MR) is 104 cm³/mol. The van der Waals surface area contributed by atoms with Crippen molar-refractivity contribution in [1.82, 2.24) is 19.1 Å². The highest BCUT2D eigenvalue weighted by atomic mass is 16.5. The highest BCUT2D eigenvalue weighted by Crippen LogP contribution is 2.20. The Morgan fingerprint density at radius 1 is 1.21 bits per heavy atom. The van der Waals surface area contributed by atoms with E-state index in [1.165, 1.54) is 4.57 Å². The standard InChI is InChI=1S/C19H23N5O4/c1-3-5-10-24-17-15(18(26)22-19(24)27)23(4-2)14(21-17)11-28-13-9-7-6-8-12(13)16(20)25/h6-9H,3-5,10-11H2,1-2H3,(H2,20,25)(H,22,26,27). The summed E-state index contributed by atoms with van der Waals surface area (Å²) in [7, 11) is 0. The van der Waals surface area contributed by atoms with Crippen LogP contribution in [0.4, 0.5) is 0 Å². The quantitative estimate of drug-likeness (QED) is 0.606. The molecule has 0 spiro atoms. The molecule has 0 aliphatic carbocycles. The molecule has 3 N–H and O–H groups in total. The molecule has 0 saturated heterocycles. The number of fused-ring (bicyclic) bond motifs is 1. The molecular weight excluding hydrogens is 362 g/mol. The number of hydrogen-bond acceptors (Lipinski definition) is 5. The van der Waals surface area contributed by atoms with Crippen LogP contribution >= 0.6 is 0 Å². The summed E-state index contributed by atoms with van der Waals surface area (Å²) >= 11 is 0. The van der Waals surface area contributed by atoms with Gasteiger partial charge in [-0.25, -0.2) is 9.78 Å². The van der Waals surface area contributed by atoms with Gasteiger partial charge in [0.1, 0.15) is 18.2 Å². The summed E-state index contributed by atoms with van der Waals surface area (Å²) in [5.74, 6) is 0.226. The maximum absolute atomic E-state index is 12.4. The number of nitrogens with two attached hydrogens (primary N) is 1. The second-order valence-electron chi connectivity index (χ2n) is 6.36. The molecule has 0 unspecified atom stereocenters. The zero-order valence-electron chi connectivity index (χ0n) is 15.9. The number of H-pyrrole nitrogens is 1. The van der Waals surface area contributed by atoms with Crippen LogP contribution in [0.15, 0.2) is 33.9 Å². The van der Waals surface area contributed by atoms with Crippen LogP contribution in [0.1, 0.15) is 42.9 Å². The average Bonchev–Trinajstić information content (AvgIpc) is 3.05. The van der Waals surface area contributed by atoms with Crippen LogP contribution in [0.25, 0.3) is 11.2 Å². The Labute approximate surface area is 160 Å². The smallest absolute Gasteiger partial charge is 0.330 e. The number of imidazole rings is 1. The first-order chi connectivity index (χ1) is 13.5. The van der Waals surface area contributed by atoms with Crippen LogP contribution in [-0.2, 0) is 19.7 Å². The number of hydrogen-bond donors (Lipinski definition) is 2. The van der Waals surface area contributed by atoms with Crippen molar-refractivity contribution < 1.29 is 9.53 Å². The van der Waals surface area contributed by atoms with Crippen molar-refractivity contribution in [2.45, 2.75) is 46.4 Å². The van der Waals surface area contributed by atoms with Crippen molar-refractivity contribution in [2.24, 2.45) is 5.73 Å². The van der Waals surface area contributed by atoms with Crippen molar-refractivity contribution in [1.29, 1.82) is 0 Å². The van der Waals surface area contributed by atoms with Crippen LogP contribution in [-0.4, -0.2) is 25.0 Å². The van der Waals surface area contributed by atoms with Crippen molar-refractivity contribution in [3.8, 4) is 5.75 Å². The molecule has 2 aromatic heterocycles. The van der Waals surface area contributed by atoms with Crippen molar-refractivity contribution in [3.63, 3.8) is 0 Å². The molecule has 9 nitrogen and oxygen atoms in total. The zero-order chi connectivity index (χ0) is 20.3. The van der Waals surface area contributed by atoms with E-state index >= 15 is 0 Å². The third-order valence-electron chi connectivity index (χ3n) is 4.53. The van der Waals surface area contributed by atoms with E-state index in [-0.39, 0.29) is 12.2 Å². The van der Waals surface area contributed by atoms with E-state index in [0.717, 1.165) is 12.8 Å². The number of ether oxygens (including phenoxy) is 1. The number of nitrogens with zero attached hydrogens (tertiary/aromatic N) is 3. The molecule has 0 atom stereocenters. The highest BCUT2D eigenvalue weighted by Gasteiger charge is 2.18. The molecule has 28 heavy (non-hydrogen) atoms. The Morgan fingerprint density at radius 3 is 2.64 bits per heavy atom. The lowest BCUT2D eigenvalue weighted by molar-refractivity contribution is 0.0995. The molecule has 148 valence electrons. The zero-order valence-corrected chi connectivity index (χ0v) is 15.9. The summed E-state index contributed by atoms with van der Waals surface area (Å²) in [5.41, 5.74) is 5.36. The average molecular weight is 385 g/mol. The number of carbonyl (C=O) groups excluding carboxylic acids is 1. The summed E-state index contributed by atoms with van der Waals surface area (Å²) < 4.78 is 8.95. The summed E-state index contributed by atoms with van der Waals surface area (Å²) in [5, 5.41) is 0. The van der Waals surface area contributed by atoms with Gasteiger partial charge in [-0.2, -0.15) is 0 Å². The molecule has 3 rings (SSSR count). The minimum absolute atomic E-state index is 0.0220. The van der Waals surface area contributed by atoms with E-state index in [0.29, 0.717) is 35.8 Å². The number of aromatic amines is 1. The van der Waals surface area contributed by atoms with Gasteiger partial charge in [-0.3, -0.25) is 19.1 Å². The summed E-state index contributed by atoms with van der Waals surface area (Å²) in [4.78, 5) is 43.1. The first-order valence-electron chi connectivity index (χ1n) is 9.21. The lowest BCUT2D eigenvalue weighted by Crippen LogP contribution is -2.31. The van der Waals surface area contributed by atoms with Crippen LogP contribution < -0.4 is 21.7 Å². The summed E-state index contributed by atoms with van der Waals surface area (Å²) in [6.07, 6.45) is 1.69. The first kappa shape index (κ1) is 19.4. The molecule has 1 aromatic carbocycles. The van der Waals surface area contributed by atoms with Crippen LogP contribution in [0.2, 0.25) is 0 Å². The normalized spacial score (nSPS) is 11.1. The van der Waals surface area contributed by atoms with Crippen LogP contribution in [0, 0.1) is 0 Å². The van der Waals surface area contributed by atoms with E-state index in [2.05, 4.69) is 9.97 Å². The number of para-hydroxylation sites is 1. The Balaban J connectivity index is 2.05. The second kappa shape index (κ2) is 8.12. The molecule has 0 fully saturated rings. The fourth-order valence-corrected chi connectivity index (χ4v) is 3.13. The second-order valence-corrected chi connectivity index (χ2v) is 6.36. The molecule has 9 heteroatoms. The van der Waals surface area contributed by atoms with Crippen molar-refractivity contribution >= 4 is 17.1 Å². The number of primary amides is 1. The molecule has 1 amide bonds.